The van der Waals surface area contributed by atoms with Crippen molar-refractivity contribution in [2.24, 2.45) is 5.92 Å². The Kier molecular flexibility index (Phi) is 1.41. The first-order valence-corrected chi connectivity index (χ1v) is 2.72. The summed E-state index contributed by atoms with van der Waals surface area (Å²) in [5, 5.41) is 0. The lowest BCUT2D eigenvalue weighted by Gasteiger charge is -2.31. The maximum atomic E-state index is 12.0. The summed E-state index contributed by atoms with van der Waals surface area (Å²) in [5.74, 6) is -1.67. The Morgan fingerprint density at radius 3 is 1.67 bits per heavy atom. The van der Waals surface area contributed by atoms with E-state index in [-0.39, 0.29) is 12.8 Å². The molecule has 1 saturated carbocycles. The van der Waals surface area contributed by atoms with Gasteiger partial charge in [-0.2, -0.15) is 13.2 Å². The van der Waals surface area contributed by atoms with Crippen LogP contribution in [-0.2, 0) is 0 Å². The van der Waals surface area contributed by atoms with Gasteiger partial charge in [0.05, 0.1) is 5.92 Å². The molecule has 0 aliphatic heterocycles. The average Bonchev–Trinajstić information content (AvgIpc) is 1.57. The largest absolute Gasteiger partial charge is 0.394 e. The Bertz CT molecular complexity index is 106. The van der Waals surface area contributed by atoms with E-state index in [1.807, 2.05) is 0 Å². The molecule has 0 aromatic rings. The van der Waals surface area contributed by atoms with Crippen molar-refractivity contribution in [3.8, 4) is 0 Å². The van der Waals surface area contributed by atoms with Crippen molar-refractivity contribution in [1.82, 2.24) is 0 Å². The molecule has 2 unspecified atom stereocenters. The van der Waals surface area contributed by atoms with Crippen molar-refractivity contribution < 1.29 is 17.6 Å². The second kappa shape index (κ2) is 1.85. The van der Waals surface area contributed by atoms with Crippen LogP contribution in [0, 0.1) is 5.92 Å². The molecule has 0 saturated heterocycles. The van der Waals surface area contributed by atoms with E-state index in [9.17, 15) is 17.6 Å². The Morgan fingerprint density at radius 2 is 1.67 bits per heavy atom. The highest BCUT2D eigenvalue weighted by molar-refractivity contribution is 4.85. The molecule has 2 atom stereocenters. The summed E-state index contributed by atoms with van der Waals surface area (Å²) < 4.78 is 46.5. The molecule has 4 heteroatoms. The van der Waals surface area contributed by atoms with Crippen LogP contribution >= 0.6 is 0 Å². The smallest absolute Gasteiger partial charge is 0.247 e. The fourth-order valence-corrected chi connectivity index (χ4v) is 0.828. The van der Waals surface area contributed by atoms with Crippen molar-refractivity contribution >= 4 is 0 Å². The lowest BCUT2D eigenvalue weighted by atomic mass is 9.83. The number of alkyl halides is 4. The van der Waals surface area contributed by atoms with Gasteiger partial charge >= 0.3 is 6.18 Å². The van der Waals surface area contributed by atoms with Gasteiger partial charge < -0.3 is 0 Å². The van der Waals surface area contributed by atoms with E-state index in [4.69, 9.17) is 0 Å². The van der Waals surface area contributed by atoms with Gasteiger partial charge in [-0.15, -0.1) is 0 Å². The highest BCUT2D eigenvalue weighted by atomic mass is 19.4. The van der Waals surface area contributed by atoms with E-state index in [1.165, 1.54) is 0 Å². The maximum absolute atomic E-state index is 12.0. The summed E-state index contributed by atoms with van der Waals surface area (Å²) in [6.07, 6.45) is -5.91. The molecule has 1 fully saturated rings. The van der Waals surface area contributed by atoms with Gasteiger partial charge in [-0.3, -0.25) is 0 Å². The Hall–Kier alpha value is -0.280. The third-order valence-corrected chi connectivity index (χ3v) is 1.61. The van der Waals surface area contributed by atoms with Gasteiger partial charge in [0, 0.05) is 0 Å². The molecule has 0 amide bonds. The van der Waals surface area contributed by atoms with Crippen LogP contribution in [0.15, 0.2) is 0 Å². The molecule has 1 aliphatic carbocycles. The molecular weight excluding hydrogens is 136 g/mol. The van der Waals surface area contributed by atoms with Crippen LogP contribution in [0.2, 0.25) is 0 Å². The van der Waals surface area contributed by atoms with E-state index in [1.54, 1.807) is 0 Å². The van der Waals surface area contributed by atoms with E-state index >= 15 is 0 Å². The Morgan fingerprint density at radius 1 is 1.11 bits per heavy atom. The minimum absolute atomic E-state index is 0.0370. The fourth-order valence-electron chi connectivity index (χ4n) is 0.828. The van der Waals surface area contributed by atoms with Crippen LogP contribution in [0.4, 0.5) is 17.6 Å². The standard InChI is InChI=1S/C5H6F4/c6-4-2-1-3(4)5(7,8)9/h3-4H,1-2H2. The lowest BCUT2D eigenvalue weighted by molar-refractivity contribution is -0.214. The van der Waals surface area contributed by atoms with Gasteiger partial charge in [-0.25, -0.2) is 4.39 Å². The quantitative estimate of drug-likeness (QED) is 0.455. The van der Waals surface area contributed by atoms with Crippen LogP contribution in [0.3, 0.4) is 0 Å². The average molecular weight is 142 g/mol. The van der Waals surface area contributed by atoms with Crippen molar-refractivity contribution in [3.05, 3.63) is 0 Å². The second-order valence-corrected chi connectivity index (χ2v) is 2.24. The topological polar surface area (TPSA) is 0 Å². The van der Waals surface area contributed by atoms with Crippen molar-refractivity contribution in [3.63, 3.8) is 0 Å². The number of hydrogen-bond acceptors (Lipinski definition) is 0. The van der Waals surface area contributed by atoms with Crippen molar-refractivity contribution in [2.45, 2.75) is 25.2 Å². The number of hydrogen-bond donors (Lipinski definition) is 0. The van der Waals surface area contributed by atoms with E-state index in [2.05, 4.69) is 0 Å². The van der Waals surface area contributed by atoms with Gasteiger partial charge in [0.15, 0.2) is 0 Å². The first kappa shape index (κ1) is 6.83. The molecule has 0 nitrogen and oxygen atoms in total. The molecule has 0 radical (unpaired) electrons. The number of halogens is 4. The minimum Gasteiger partial charge on any atom is -0.247 e. The molecule has 0 aromatic carbocycles. The van der Waals surface area contributed by atoms with Gasteiger partial charge in [0.2, 0.25) is 0 Å². The summed E-state index contributed by atoms with van der Waals surface area (Å²) in [5.41, 5.74) is 0. The first-order chi connectivity index (χ1) is 4.02. The normalized spacial score (nSPS) is 36.0. The first-order valence-electron chi connectivity index (χ1n) is 2.72. The summed E-state index contributed by atoms with van der Waals surface area (Å²) in [4.78, 5) is 0. The van der Waals surface area contributed by atoms with Crippen LogP contribution in [-0.4, -0.2) is 12.3 Å². The van der Waals surface area contributed by atoms with Crippen LogP contribution in [0.1, 0.15) is 12.8 Å². The zero-order valence-electron chi connectivity index (χ0n) is 4.58. The molecule has 0 N–H and O–H groups in total. The maximum Gasteiger partial charge on any atom is 0.394 e. The summed E-state index contributed by atoms with van der Waals surface area (Å²) in [6.45, 7) is 0. The minimum atomic E-state index is -4.31. The van der Waals surface area contributed by atoms with Gasteiger partial charge in [-0.1, -0.05) is 0 Å². The Balaban J connectivity index is 2.44. The highest BCUT2D eigenvalue weighted by Gasteiger charge is 2.50. The molecule has 9 heavy (non-hydrogen) atoms. The van der Waals surface area contributed by atoms with Gasteiger partial charge in [0.25, 0.3) is 0 Å². The zero-order chi connectivity index (χ0) is 7.07. The van der Waals surface area contributed by atoms with Crippen LogP contribution in [0.5, 0.6) is 0 Å². The molecule has 0 bridgehead atoms. The summed E-state index contributed by atoms with van der Waals surface area (Å²) in [7, 11) is 0. The van der Waals surface area contributed by atoms with E-state index in [0.29, 0.717) is 0 Å². The number of rotatable bonds is 0. The van der Waals surface area contributed by atoms with Crippen LogP contribution in [0.25, 0.3) is 0 Å². The van der Waals surface area contributed by atoms with Gasteiger partial charge in [0.1, 0.15) is 6.17 Å². The molecule has 0 aromatic heterocycles. The van der Waals surface area contributed by atoms with Gasteiger partial charge in [-0.05, 0) is 12.8 Å². The van der Waals surface area contributed by atoms with E-state index < -0.39 is 18.3 Å². The predicted molar refractivity (Wildman–Crippen MR) is 23.7 cm³/mol. The zero-order valence-corrected chi connectivity index (χ0v) is 4.58. The molecule has 1 aliphatic rings. The second-order valence-electron chi connectivity index (χ2n) is 2.24. The highest BCUT2D eigenvalue weighted by Crippen LogP contribution is 2.42. The molecule has 54 valence electrons. The monoisotopic (exact) mass is 142 g/mol. The molecular formula is C5H6F4. The van der Waals surface area contributed by atoms with Crippen molar-refractivity contribution in [1.29, 1.82) is 0 Å². The third kappa shape index (κ3) is 1.17. The molecule has 1 rings (SSSR count). The molecule has 0 heterocycles. The third-order valence-electron chi connectivity index (χ3n) is 1.61. The fraction of sp³-hybridized carbons (Fsp3) is 1.00. The SMILES string of the molecule is FC1CCC1C(F)(F)F. The van der Waals surface area contributed by atoms with Crippen LogP contribution < -0.4 is 0 Å². The predicted octanol–water partition coefficient (Wildman–Crippen LogP) is 2.30. The summed E-state index contributed by atoms with van der Waals surface area (Å²) >= 11 is 0. The molecule has 0 spiro atoms. The lowest BCUT2D eigenvalue weighted by Crippen LogP contribution is -2.39. The van der Waals surface area contributed by atoms with E-state index in [0.717, 1.165) is 0 Å². The summed E-state index contributed by atoms with van der Waals surface area (Å²) in [6, 6.07) is 0. The Labute approximate surface area is 49.9 Å². The van der Waals surface area contributed by atoms with Crippen molar-refractivity contribution in [2.75, 3.05) is 0 Å².